The van der Waals surface area contributed by atoms with Crippen molar-refractivity contribution in [3.05, 3.63) is 69.9 Å². The van der Waals surface area contributed by atoms with Crippen LogP contribution in [0.2, 0.25) is 10.0 Å². The van der Waals surface area contributed by atoms with Crippen molar-refractivity contribution in [2.24, 2.45) is 7.05 Å². The fraction of sp³-hybridized carbons (Fsp3) is 0.182. The predicted molar refractivity (Wildman–Crippen MR) is 119 cm³/mol. The number of aromatic nitrogens is 4. The maximum absolute atomic E-state index is 12.0. The van der Waals surface area contributed by atoms with Crippen LogP contribution in [0.3, 0.4) is 0 Å². The summed E-state index contributed by atoms with van der Waals surface area (Å²) in [4.78, 5) is 25.1. The predicted octanol–water partition coefficient (Wildman–Crippen LogP) is 5.01. The molecule has 0 radical (unpaired) electrons. The molecule has 1 aromatic carbocycles. The highest BCUT2D eigenvalue weighted by molar-refractivity contribution is 6.35. The molecule has 0 atom stereocenters. The van der Waals surface area contributed by atoms with E-state index in [0.29, 0.717) is 38.4 Å². The van der Waals surface area contributed by atoms with Crippen LogP contribution in [0.15, 0.2) is 42.9 Å². The quantitative estimate of drug-likeness (QED) is 0.392. The number of aryl methyl sites for hydroxylation is 1. The van der Waals surface area contributed by atoms with Gasteiger partial charge in [0.15, 0.2) is 0 Å². The second-order valence-electron chi connectivity index (χ2n) is 6.85. The summed E-state index contributed by atoms with van der Waals surface area (Å²) in [5.74, 6) is 0.744. The minimum absolute atomic E-state index is 0.166. The zero-order chi connectivity index (χ0) is 22.1. The van der Waals surface area contributed by atoms with Crippen molar-refractivity contribution >= 4 is 40.1 Å². The summed E-state index contributed by atoms with van der Waals surface area (Å²) in [7, 11) is 3.11. The standard InChI is InChI=1S/C22H18Cl2N4O3/c1-12-7-14(21-26-10-18(28(21)2)22(29)30-3)13-5-4-6-19(20(13)27-12)31-11-15-16(23)8-25-9-17(15)24/h4-10H,11H2,1-3H3. The molecular weight excluding hydrogens is 439 g/mol. The third kappa shape index (κ3) is 3.94. The highest BCUT2D eigenvalue weighted by Gasteiger charge is 2.19. The maximum Gasteiger partial charge on any atom is 0.356 e. The summed E-state index contributed by atoms with van der Waals surface area (Å²) in [5, 5.41) is 1.70. The fourth-order valence-corrected chi connectivity index (χ4v) is 3.81. The van der Waals surface area contributed by atoms with E-state index in [1.165, 1.54) is 25.7 Å². The average Bonchev–Trinajstić information content (AvgIpc) is 3.13. The fourth-order valence-electron chi connectivity index (χ4n) is 3.33. The van der Waals surface area contributed by atoms with Gasteiger partial charge in [0.1, 0.15) is 29.4 Å². The van der Waals surface area contributed by atoms with E-state index in [1.54, 1.807) is 11.6 Å². The number of nitrogens with zero attached hydrogens (tertiary/aromatic N) is 4. The number of ether oxygens (including phenoxy) is 2. The molecule has 9 heteroatoms. The first-order valence-corrected chi connectivity index (χ1v) is 10.1. The smallest absolute Gasteiger partial charge is 0.356 e. The average molecular weight is 457 g/mol. The second kappa shape index (κ2) is 8.53. The molecule has 0 aliphatic carbocycles. The summed E-state index contributed by atoms with van der Waals surface area (Å²) in [6, 6.07) is 7.56. The van der Waals surface area contributed by atoms with Gasteiger partial charge in [-0.3, -0.25) is 4.98 Å². The zero-order valence-corrected chi connectivity index (χ0v) is 18.5. The van der Waals surface area contributed by atoms with Crippen LogP contribution >= 0.6 is 23.2 Å². The molecule has 31 heavy (non-hydrogen) atoms. The number of benzene rings is 1. The van der Waals surface area contributed by atoms with Gasteiger partial charge in [-0.15, -0.1) is 0 Å². The Hall–Kier alpha value is -3.16. The van der Waals surface area contributed by atoms with E-state index in [2.05, 4.69) is 15.0 Å². The third-order valence-electron chi connectivity index (χ3n) is 4.88. The van der Waals surface area contributed by atoms with E-state index in [1.807, 2.05) is 31.2 Å². The Morgan fingerprint density at radius 2 is 1.90 bits per heavy atom. The molecule has 0 saturated carbocycles. The molecule has 0 N–H and O–H groups in total. The number of hydrogen-bond donors (Lipinski definition) is 0. The lowest BCUT2D eigenvalue weighted by molar-refractivity contribution is 0.0590. The van der Waals surface area contributed by atoms with Gasteiger partial charge >= 0.3 is 5.97 Å². The minimum atomic E-state index is -0.452. The van der Waals surface area contributed by atoms with Crippen LogP contribution in [0.1, 0.15) is 21.7 Å². The van der Waals surface area contributed by atoms with Crippen molar-refractivity contribution in [1.82, 2.24) is 19.5 Å². The molecule has 4 aromatic rings. The van der Waals surface area contributed by atoms with Gasteiger partial charge in [0.2, 0.25) is 0 Å². The first kappa shape index (κ1) is 21.1. The number of methoxy groups -OCH3 is 1. The number of para-hydroxylation sites is 1. The number of fused-ring (bicyclic) bond motifs is 1. The van der Waals surface area contributed by atoms with Crippen LogP contribution in [0.25, 0.3) is 22.3 Å². The number of carbonyl (C=O) groups excluding carboxylic acids is 1. The lowest BCUT2D eigenvalue weighted by atomic mass is 10.1. The number of esters is 1. The van der Waals surface area contributed by atoms with Crippen LogP contribution in [0.5, 0.6) is 5.75 Å². The van der Waals surface area contributed by atoms with Crippen molar-refractivity contribution < 1.29 is 14.3 Å². The molecule has 0 aliphatic heterocycles. The lowest BCUT2D eigenvalue weighted by Gasteiger charge is -2.14. The Kier molecular flexibility index (Phi) is 5.80. The number of halogens is 2. The van der Waals surface area contributed by atoms with Gasteiger partial charge in [-0.2, -0.15) is 0 Å². The SMILES string of the molecule is COC(=O)c1cnc(-c2cc(C)nc3c(OCc4c(Cl)cncc4Cl)cccc23)n1C. The molecule has 3 aromatic heterocycles. The van der Waals surface area contributed by atoms with Crippen molar-refractivity contribution in [1.29, 1.82) is 0 Å². The molecule has 7 nitrogen and oxygen atoms in total. The van der Waals surface area contributed by atoms with Gasteiger partial charge < -0.3 is 14.0 Å². The summed E-state index contributed by atoms with van der Waals surface area (Å²) in [5.41, 5.74) is 3.28. The topological polar surface area (TPSA) is 79.1 Å². The van der Waals surface area contributed by atoms with Gasteiger partial charge in [0.05, 0.1) is 23.4 Å². The van der Waals surface area contributed by atoms with Crippen LogP contribution in [-0.2, 0) is 18.4 Å². The summed E-state index contributed by atoms with van der Waals surface area (Å²) in [6.07, 6.45) is 4.54. The third-order valence-corrected chi connectivity index (χ3v) is 5.53. The van der Waals surface area contributed by atoms with Crippen LogP contribution in [0, 0.1) is 6.92 Å². The van der Waals surface area contributed by atoms with Crippen LogP contribution in [0.4, 0.5) is 0 Å². The van der Waals surface area contributed by atoms with Crippen molar-refractivity contribution in [3.63, 3.8) is 0 Å². The molecular formula is C22H18Cl2N4O3. The van der Waals surface area contributed by atoms with E-state index in [4.69, 9.17) is 32.7 Å². The molecule has 0 amide bonds. The molecule has 3 heterocycles. The van der Waals surface area contributed by atoms with E-state index < -0.39 is 5.97 Å². The van der Waals surface area contributed by atoms with Crippen molar-refractivity contribution in [3.8, 4) is 17.1 Å². The van der Waals surface area contributed by atoms with Crippen LogP contribution < -0.4 is 4.74 Å². The summed E-state index contributed by atoms with van der Waals surface area (Å²) in [6.45, 7) is 2.06. The Morgan fingerprint density at radius 1 is 1.16 bits per heavy atom. The van der Waals surface area contributed by atoms with E-state index in [-0.39, 0.29) is 6.61 Å². The molecule has 0 spiro atoms. The molecule has 0 fully saturated rings. The van der Waals surface area contributed by atoms with Gasteiger partial charge in [-0.1, -0.05) is 35.3 Å². The summed E-state index contributed by atoms with van der Waals surface area (Å²) >= 11 is 12.4. The van der Waals surface area contributed by atoms with Crippen molar-refractivity contribution in [2.45, 2.75) is 13.5 Å². The highest BCUT2D eigenvalue weighted by Crippen LogP contribution is 2.34. The maximum atomic E-state index is 12.0. The number of hydrogen-bond acceptors (Lipinski definition) is 6. The Morgan fingerprint density at radius 3 is 2.61 bits per heavy atom. The normalized spacial score (nSPS) is 11.0. The Bertz CT molecular complexity index is 1280. The first-order valence-electron chi connectivity index (χ1n) is 9.32. The van der Waals surface area contributed by atoms with E-state index in [0.717, 1.165) is 16.6 Å². The lowest BCUT2D eigenvalue weighted by Crippen LogP contribution is -2.08. The van der Waals surface area contributed by atoms with Gasteiger partial charge in [-0.25, -0.2) is 14.8 Å². The molecule has 4 rings (SSSR count). The summed E-state index contributed by atoms with van der Waals surface area (Å²) < 4.78 is 12.6. The number of rotatable bonds is 5. The molecule has 0 saturated heterocycles. The second-order valence-corrected chi connectivity index (χ2v) is 7.67. The Balaban J connectivity index is 1.79. The zero-order valence-electron chi connectivity index (χ0n) is 17.0. The Labute approximate surface area is 188 Å². The minimum Gasteiger partial charge on any atom is -0.487 e. The van der Waals surface area contributed by atoms with E-state index >= 15 is 0 Å². The highest BCUT2D eigenvalue weighted by atomic mass is 35.5. The largest absolute Gasteiger partial charge is 0.487 e. The number of pyridine rings is 2. The molecule has 158 valence electrons. The molecule has 0 bridgehead atoms. The van der Waals surface area contributed by atoms with Crippen LogP contribution in [-0.4, -0.2) is 32.6 Å². The number of carbonyl (C=O) groups is 1. The van der Waals surface area contributed by atoms with Gasteiger partial charge in [-0.05, 0) is 19.1 Å². The monoisotopic (exact) mass is 456 g/mol. The van der Waals surface area contributed by atoms with Gasteiger partial charge in [0.25, 0.3) is 0 Å². The first-order chi connectivity index (χ1) is 14.9. The van der Waals surface area contributed by atoms with E-state index in [9.17, 15) is 4.79 Å². The molecule has 0 unspecified atom stereocenters. The van der Waals surface area contributed by atoms with Crippen molar-refractivity contribution in [2.75, 3.05) is 7.11 Å². The van der Waals surface area contributed by atoms with Gasteiger partial charge in [0, 0.05) is 41.6 Å². The number of imidazole rings is 1. The molecule has 0 aliphatic rings.